The highest BCUT2D eigenvalue weighted by Crippen LogP contribution is 2.23. The second kappa shape index (κ2) is 6.21. The van der Waals surface area contributed by atoms with Crippen LogP contribution in [0, 0.1) is 17.6 Å². The van der Waals surface area contributed by atoms with Crippen molar-refractivity contribution < 1.29 is 13.6 Å². The van der Waals surface area contributed by atoms with Gasteiger partial charge in [0.15, 0.2) is 11.6 Å². The van der Waals surface area contributed by atoms with E-state index in [1.807, 2.05) is 0 Å². The molecule has 0 unspecified atom stereocenters. The van der Waals surface area contributed by atoms with Gasteiger partial charge in [-0.15, -0.1) is 0 Å². The molecule has 1 saturated heterocycles. The first-order valence-corrected chi connectivity index (χ1v) is 7.22. The Balaban J connectivity index is 1.55. The van der Waals surface area contributed by atoms with Crippen molar-refractivity contribution in [2.24, 2.45) is 5.92 Å². The number of aromatic amines is 1. The van der Waals surface area contributed by atoms with Crippen molar-refractivity contribution in [1.29, 1.82) is 0 Å². The third kappa shape index (κ3) is 3.13. The number of likely N-dealkylation sites (tertiary alicyclic amines) is 1. The fourth-order valence-corrected chi connectivity index (χ4v) is 2.80. The van der Waals surface area contributed by atoms with Crippen molar-refractivity contribution in [2.45, 2.75) is 19.3 Å². The van der Waals surface area contributed by atoms with Gasteiger partial charge in [0.2, 0.25) is 5.82 Å². The number of nitrogens with zero attached hydrogens (tertiary/aromatic N) is 3. The highest BCUT2D eigenvalue weighted by molar-refractivity contribution is 5.90. The molecular weight excluding hydrogens is 290 g/mol. The lowest BCUT2D eigenvalue weighted by Crippen LogP contribution is -2.39. The molecule has 2 heterocycles. The second-order valence-corrected chi connectivity index (χ2v) is 5.52. The van der Waals surface area contributed by atoms with Gasteiger partial charge in [-0.2, -0.15) is 5.10 Å². The van der Waals surface area contributed by atoms with Gasteiger partial charge in [-0.1, -0.05) is 6.07 Å². The van der Waals surface area contributed by atoms with Gasteiger partial charge < -0.3 is 4.90 Å². The van der Waals surface area contributed by atoms with Crippen molar-refractivity contribution in [1.82, 2.24) is 20.1 Å². The number of hydrogen-bond donors (Lipinski definition) is 1. The van der Waals surface area contributed by atoms with Gasteiger partial charge in [0.25, 0.3) is 5.91 Å². The molecule has 1 N–H and O–H groups in total. The van der Waals surface area contributed by atoms with E-state index in [2.05, 4.69) is 15.2 Å². The van der Waals surface area contributed by atoms with Crippen molar-refractivity contribution in [3.05, 3.63) is 47.5 Å². The summed E-state index contributed by atoms with van der Waals surface area (Å²) in [5.41, 5.74) is 0.791. The van der Waals surface area contributed by atoms with Crippen LogP contribution in [0.3, 0.4) is 0 Å². The van der Waals surface area contributed by atoms with E-state index in [-0.39, 0.29) is 11.7 Å². The van der Waals surface area contributed by atoms with Crippen molar-refractivity contribution in [2.75, 3.05) is 13.1 Å². The number of halogens is 2. The van der Waals surface area contributed by atoms with Crippen LogP contribution in [0.25, 0.3) is 0 Å². The van der Waals surface area contributed by atoms with E-state index >= 15 is 0 Å². The number of hydrogen-bond acceptors (Lipinski definition) is 3. The summed E-state index contributed by atoms with van der Waals surface area (Å²) >= 11 is 0. The van der Waals surface area contributed by atoms with Crippen molar-refractivity contribution in [3.63, 3.8) is 0 Å². The number of carbonyl (C=O) groups excluding carboxylic acids is 1. The fourth-order valence-electron chi connectivity index (χ4n) is 2.80. The van der Waals surface area contributed by atoms with Crippen LogP contribution in [0.1, 0.15) is 29.0 Å². The molecule has 5 nitrogen and oxygen atoms in total. The number of piperidine rings is 1. The topological polar surface area (TPSA) is 61.9 Å². The summed E-state index contributed by atoms with van der Waals surface area (Å²) < 4.78 is 26.1. The molecule has 1 fully saturated rings. The number of H-pyrrole nitrogens is 1. The highest BCUT2D eigenvalue weighted by Gasteiger charge is 2.25. The maximum Gasteiger partial charge on any atom is 0.291 e. The second-order valence-electron chi connectivity index (χ2n) is 5.52. The molecule has 116 valence electrons. The van der Waals surface area contributed by atoms with Gasteiger partial charge in [-0.3, -0.25) is 9.89 Å². The number of aromatic nitrogens is 3. The molecule has 1 aromatic heterocycles. The molecule has 0 spiro atoms. The van der Waals surface area contributed by atoms with Gasteiger partial charge in [0.1, 0.15) is 6.33 Å². The predicted molar refractivity (Wildman–Crippen MR) is 75.1 cm³/mol. The molecule has 1 amide bonds. The first kappa shape index (κ1) is 14.6. The van der Waals surface area contributed by atoms with Crippen LogP contribution < -0.4 is 0 Å². The zero-order valence-electron chi connectivity index (χ0n) is 11.9. The standard InChI is InChI=1S/C15H16F2N4O/c16-12-2-1-11(8-13(12)17)7-10-3-5-21(6-4-10)15(22)14-18-9-19-20-14/h1-2,8-10H,3-7H2,(H,18,19,20). The molecule has 22 heavy (non-hydrogen) atoms. The van der Waals surface area contributed by atoms with E-state index in [9.17, 15) is 13.6 Å². The normalized spacial score (nSPS) is 16.0. The average Bonchev–Trinajstić information content (AvgIpc) is 3.05. The predicted octanol–water partition coefficient (Wildman–Crippen LogP) is 2.18. The summed E-state index contributed by atoms with van der Waals surface area (Å²) in [6.45, 7) is 1.27. The zero-order chi connectivity index (χ0) is 15.5. The van der Waals surface area contributed by atoms with Gasteiger partial charge in [0, 0.05) is 13.1 Å². The van der Waals surface area contributed by atoms with Crippen LogP contribution in [0.2, 0.25) is 0 Å². The maximum absolute atomic E-state index is 13.2. The summed E-state index contributed by atoms with van der Waals surface area (Å²) in [5.74, 6) is -1.17. The number of nitrogens with one attached hydrogen (secondary N) is 1. The molecular formula is C15H16F2N4O. The Labute approximate surface area is 126 Å². The molecule has 0 bridgehead atoms. The third-order valence-corrected chi connectivity index (χ3v) is 4.03. The molecule has 0 radical (unpaired) electrons. The van der Waals surface area contributed by atoms with Crippen LogP contribution in [0.15, 0.2) is 24.5 Å². The van der Waals surface area contributed by atoms with E-state index in [0.29, 0.717) is 25.4 Å². The van der Waals surface area contributed by atoms with Crippen LogP contribution >= 0.6 is 0 Å². The van der Waals surface area contributed by atoms with Crippen LogP contribution in [-0.4, -0.2) is 39.1 Å². The Bertz CT molecular complexity index is 652. The van der Waals surface area contributed by atoms with E-state index in [1.165, 1.54) is 12.4 Å². The molecule has 0 saturated carbocycles. The lowest BCUT2D eigenvalue weighted by atomic mass is 9.90. The molecule has 1 aromatic carbocycles. The van der Waals surface area contributed by atoms with Gasteiger partial charge in [-0.05, 0) is 42.9 Å². The number of rotatable bonds is 3. The Kier molecular flexibility index (Phi) is 4.13. The third-order valence-electron chi connectivity index (χ3n) is 4.03. The molecule has 2 aromatic rings. The highest BCUT2D eigenvalue weighted by atomic mass is 19.2. The summed E-state index contributed by atoms with van der Waals surface area (Å²) in [4.78, 5) is 17.7. The van der Waals surface area contributed by atoms with E-state index in [0.717, 1.165) is 24.5 Å². The Morgan fingerprint density at radius 3 is 2.68 bits per heavy atom. The average molecular weight is 306 g/mol. The SMILES string of the molecule is O=C(c1ncn[nH]1)N1CCC(Cc2ccc(F)c(F)c2)CC1. The Hall–Kier alpha value is -2.31. The number of benzene rings is 1. The minimum atomic E-state index is -0.823. The van der Waals surface area contributed by atoms with E-state index in [4.69, 9.17) is 0 Å². The van der Waals surface area contributed by atoms with Crippen LogP contribution in [-0.2, 0) is 6.42 Å². The van der Waals surface area contributed by atoms with Crippen molar-refractivity contribution in [3.8, 4) is 0 Å². The monoisotopic (exact) mass is 306 g/mol. The Morgan fingerprint density at radius 1 is 1.27 bits per heavy atom. The lowest BCUT2D eigenvalue weighted by Gasteiger charge is -2.31. The fraction of sp³-hybridized carbons (Fsp3) is 0.400. The molecule has 0 aliphatic carbocycles. The van der Waals surface area contributed by atoms with Gasteiger partial charge in [-0.25, -0.2) is 13.8 Å². The molecule has 7 heteroatoms. The molecule has 3 rings (SSSR count). The maximum atomic E-state index is 13.2. The summed E-state index contributed by atoms with van der Waals surface area (Å²) in [6.07, 6.45) is 3.67. The summed E-state index contributed by atoms with van der Waals surface area (Å²) in [6, 6.07) is 4.03. The molecule has 1 aliphatic heterocycles. The van der Waals surface area contributed by atoms with Crippen molar-refractivity contribution >= 4 is 5.91 Å². The first-order valence-electron chi connectivity index (χ1n) is 7.22. The first-order chi connectivity index (χ1) is 10.6. The zero-order valence-corrected chi connectivity index (χ0v) is 11.9. The molecule has 1 aliphatic rings. The number of carbonyl (C=O) groups is 1. The largest absolute Gasteiger partial charge is 0.336 e. The van der Waals surface area contributed by atoms with Gasteiger partial charge in [0.05, 0.1) is 0 Å². The van der Waals surface area contributed by atoms with E-state index in [1.54, 1.807) is 11.0 Å². The molecule has 0 atom stereocenters. The summed E-state index contributed by atoms with van der Waals surface area (Å²) in [7, 11) is 0. The quantitative estimate of drug-likeness (QED) is 0.945. The van der Waals surface area contributed by atoms with Crippen LogP contribution in [0.4, 0.5) is 8.78 Å². The summed E-state index contributed by atoms with van der Waals surface area (Å²) in [5, 5.41) is 6.24. The lowest BCUT2D eigenvalue weighted by molar-refractivity contribution is 0.0678. The minimum Gasteiger partial charge on any atom is -0.336 e. The van der Waals surface area contributed by atoms with Crippen LogP contribution in [0.5, 0.6) is 0 Å². The van der Waals surface area contributed by atoms with E-state index < -0.39 is 11.6 Å². The minimum absolute atomic E-state index is 0.149. The van der Waals surface area contributed by atoms with Gasteiger partial charge >= 0.3 is 0 Å². The Morgan fingerprint density at radius 2 is 2.05 bits per heavy atom. The smallest absolute Gasteiger partial charge is 0.291 e. The number of amides is 1.